The van der Waals surface area contributed by atoms with Crippen LogP contribution in [0.4, 0.5) is 5.69 Å². The van der Waals surface area contributed by atoms with Crippen molar-refractivity contribution in [3.05, 3.63) is 36.9 Å². The molecule has 2 N–H and O–H groups in total. The van der Waals surface area contributed by atoms with Crippen molar-refractivity contribution in [3.63, 3.8) is 0 Å². The Morgan fingerprint density at radius 3 is 2.59 bits per heavy atom. The average Bonchev–Trinajstić information content (AvgIpc) is 2.53. The second kappa shape index (κ2) is 10.4. The van der Waals surface area contributed by atoms with Crippen molar-refractivity contribution >= 4 is 17.5 Å². The van der Waals surface area contributed by atoms with Crippen LogP contribution in [0.3, 0.4) is 0 Å². The van der Waals surface area contributed by atoms with E-state index in [4.69, 9.17) is 9.47 Å². The molecule has 0 aliphatic heterocycles. The normalized spacial score (nSPS) is 9.86. The van der Waals surface area contributed by atoms with Crippen LogP contribution in [0.5, 0.6) is 5.75 Å². The van der Waals surface area contributed by atoms with Crippen LogP contribution in [0.2, 0.25) is 0 Å². The minimum atomic E-state index is -0.698. The second-order valence-corrected chi connectivity index (χ2v) is 4.38. The lowest BCUT2D eigenvalue weighted by Crippen LogP contribution is -2.36. The zero-order chi connectivity index (χ0) is 16.2. The maximum atomic E-state index is 11.7. The van der Waals surface area contributed by atoms with E-state index in [1.165, 1.54) is 0 Å². The molecule has 0 fully saturated rings. The predicted octanol–water partition coefficient (Wildman–Crippen LogP) is 1.73. The Balaban J connectivity index is 2.34. The van der Waals surface area contributed by atoms with E-state index in [2.05, 4.69) is 17.2 Å². The van der Waals surface area contributed by atoms with Crippen LogP contribution in [0.15, 0.2) is 36.9 Å². The van der Waals surface area contributed by atoms with Crippen molar-refractivity contribution in [2.75, 3.05) is 31.7 Å². The van der Waals surface area contributed by atoms with Gasteiger partial charge in [0.1, 0.15) is 12.4 Å². The lowest BCUT2D eigenvalue weighted by Gasteiger charge is -2.08. The van der Waals surface area contributed by atoms with Gasteiger partial charge in [-0.05, 0) is 37.6 Å². The van der Waals surface area contributed by atoms with Gasteiger partial charge in [0.25, 0.3) is 0 Å². The lowest BCUT2D eigenvalue weighted by molar-refractivity contribution is -0.136. The molecule has 6 heteroatoms. The number of carbonyl (C=O) groups excluding carboxylic acids is 2. The Morgan fingerprint density at radius 2 is 1.95 bits per heavy atom. The number of benzene rings is 1. The zero-order valence-corrected chi connectivity index (χ0v) is 12.8. The number of hydrogen-bond donors (Lipinski definition) is 2. The molecular weight excluding hydrogens is 284 g/mol. The van der Waals surface area contributed by atoms with Crippen LogP contribution in [0, 0.1) is 0 Å². The molecule has 0 atom stereocenters. The minimum absolute atomic E-state index is 0.403. The smallest absolute Gasteiger partial charge is 0.313 e. The third kappa shape index (κ3) is 6.90. The van der Waals surface area contributed by atoms with Gasteiger partial charge < -0.3 is 20.1 Å². The highest BCUT2D eigenvalue weighted by molar-refractivity contribution is 6.39. The Bertz CT molecular complexity index is 485. The van der Waals surface area contributed by atoms with E-state index in [1.54, 1.807) is 30.3 Å². The summed E-state index contributed by atoms with van der Waals surface area (Å²) in [7, 11) is 0. The molecule has 0 spiro atoms. The highest BCUT2D eigenvalue weighted by Crippen LogP contribution is 2.15. The van der Waals surface area contributed by atoms with Gasteiger partial charge in [-0.15, -0.1) is 0 Å². The summed E-state index contributed by atoms with van der Waals surface area (Å²) in [6, 6.07) is 6.75. The molecule has 120 valence electrons. The fourth-order valence-corrected chi connectivity index (χ4v) is 1.58. The first kappa shape index (κ1) is 17.7. The van der Waals surface area contributed by atoms with Crippen LogP contribution in [0.1, 0.15) is 13.3 Å². The van der Waals surface area contributed by atoms with E-state index in [9.17, 15) is 9.59 Å². The average molecular weight is 306 g/mol. The maximum absolute atomic E-state index is 11.7. The van der Waals surface area contributed by atoms with Crippen molar-refractivity contribution in [2.45, 2.75) is 13.3 Å². The molecular formula is C16H22N2O4. The first-order valence-electron chi connectivity index (χ1n) is 7.18. The standard InChI is InChI=1S/C16H22N2O4/c1-3-11-22-14-8-6-13(7-9-14)18-16(20)15(19)17-10-5-12-21-4-2/h3,6-9H,1,4-5,10-12H2,2H3,(H,17,19)(H,18,20). The molecule has 1 aromatic carbocycles. The molecule has 0 unspecified atom stereocenters. The molecule has 0 aliphatic carbocycles. The number of anilines is 1. The third-order valence-electron chi connectivity index (χ3n) is 2.64. The molecule has 0 aliphatic rings. The fraction of sp³-hybridized carbons (Fsp3) is 0.375. The molecule has 6 nitrogen and oxygen atoms in total. The Kier molecular flexibility index (Phi) is 8.37. The molecule has 0 radical (unpaired) electrons. The summed E-state index contributed by atoms with van der Waals surface area (Å²) in [6.45, 7) is 7.48. The fourth-order valence-electron chi connectivity index (χ4n) is 1.58. The van der Waals surface area contributed by atoms with Crippen molar-refractivity contribution in [3.8, 4) is 5.75 Å². The second-order valence-electron chi connectivity index (χ2n) is 4.38. The summed E-state index contributed by atoms with van der Waals surface area (Å²) in [6.07, 6.45) is 2.31. The van der Waals surface area contributed by atoms with Crippen molar-refractivity contribution in [1.29, 1.82) is 0 Å². The summed E-state index contributed by atoms with van der Waals surface area (Å²) in [5.74, 6) is -0.696. The molecule has 0 heterocycles. The molecule has 0 aromatic heterocycles. The van der Waals surface area contributed by atoms with Gasteiger partial charge in [-0.2, -0.15) is 0 Å². The Morgan fingerprint density at radius 1 is 1.23 bits per heavy atom. The van der Waals surface area contributed by atoms with Crippen molar-refractivity contribution in [2.24, 2.45) is 0 Å². The number of hydrogen-bond acceptors (Lipinski definition) is 4. The summed E-state index contributed by atoms with van der Waals surface area (Å²) in [5.41, 5.74) is 0.528. The van der Waals surface area contributed by atoms with Gasteiger partial charge in [0.05, 0.1) is 0 Å². The maximum Gasteiger partial charge on any atom is 0.313 e. The first-order valence-corrected chi connectivity index (χ1v) is 7.18. The number of nitrogens with one attached hydrogen (secondary N) is 2. The van der Waals surface area contributed by atoms with Crippen molar-refractivity contribution < 1.29 is 19.1 Å². The lowest BCUT2D eigenvalue weighted by atomic mass is 10.3. The van der Waals surface area contributed by atoms with E-state index in [0.717, 1.165) is 0 Å². The molecule has 0 saturated heterocycles. The van der Waals surface area contributed by atoms with Gasteiger partial charge in [-0.25, -0.2) is 0 Å². The van der Waals surface area contributed by atoms with E-state index >= 15 is 0 Å². The van der Waals surface area contributed by atoms with Gasteiger partial charge in [-0.1, -0.05) is 12.7 Å². The molecule has 0 bridgehead atoms. The number of amides is 2. The minimum Gasteiger partial charge on any atom is -0.490 e. The molecule has 22 heavy (non-hydrogen) atoms. The topological polar surface area (TPSA) is 76.7 Å². The van der Waals surface area contributed by atoms with E-state index in [0.29, 0.717) is 44.2 Å². The van der Waals surface area contributed by atoms with E-state index in [-0.39, 0.29) is 0 Å². The van der Waals surface area contributed by atoms with Gasteiger partial charge in [0.2, 0.25) is 0 Å². The highest BCUT2D eigenvalue weighted by Gasteiger charge is 2.12. The van der Waals surface area contributed by atoms with E-state index < -0.39 is 11.8 Å². The van der Waals surface area contributed by atoms with E-state index in [1.807, 2.05) is 6.92 Å². The quantitative estimate of drug-likeness (QED) is 0.414. The summed E-state index contributed by atoms with van der Waals surface area (Å²) >= 11 is 0. The largest absolute Gasteiger partial charge is 0.490 e. The van der Waals surface area contributed by atoms with Crippen LogP contribution >= 0.6 is 0 Å². The van der Waals surface area contributed by atoms with Gasteiger partial charge in [0, 0.05) is 25.4 Å². The number of rotatable bonds is 9. The SMILES string of the molecule is C=CCOc1ccc(NC(=O)C(=O)NCCCOCC)cc1. The predicted molar refractivity (Wildman–Crippen MR) is 84.9 cm³/mol. The first-order chi connectivity index (χ1) is 10.7. The summed E-state index contributed by atoms with van der Waals surface area (Å²) in [4.78, 5) is 23.3. The summed E-state index contributed by atoms with van der Waals surface area (Å²) < 4.78 is 10.5. The summed E-state index contributed by atoms with van der Waals surface area (Å²) in [5, 5.41) is 5.05. The molecule has 0 saturated carbocycles. The number of ether oxygens (including phenoxy) is 2. The van der Waals surface area contributed by atoms with Gasteiger partial charge in [-0.3, -0.25) is 9.59 Å². The van der Waals surface area contributed by atoms with Crippen LogP contribution < -0.4 is 15.4 Å². The monoisotopic (exact) mass is 306 g/mol. The third-order valence-corrected chi connectivity index (χ3v) is 2.64. The highest BCUT2D eigenvalue weighted by atomic mass is 16.5. The zero-order valence-electron chi connectivity index (χ0n) is 12.8. The van der Waals surface area contributed by atoms with Crippen LogP contribution in [-0.4, -0.2) is 38.2 Å². The number of carbonyl (C=O) groups is 2. The molecule has 1 aromatic rings. The van der Waals surface area contributed by atoms with Crippen molar-refractivity contribution in [1.82, 2.24) is 5.32 Å². The molecule has 2 amide bonds. The Labute approximate surface area is 130 Å². The molecule has 1 rings (SSSR count). The van der Waals surface area contributed by atoms with Gasteiger partial charge >= 0.3 is 11.8 Å². The Hall–Kier alpha value is -2.34. The van der Waals surface area contributed by atoms with Crippen LogP contribution in [0.25, 0.3) is 0 Å². The van der Waals surface area contributed by atoms with Gasteiger partial charge in [0.15, 0.2) is 0 Å². The van der Waals surface area contributed by atoms with Crippen LogP contribution in [-0.2, 0) is 14.3 Å².